The van der Waals surface area contributed by atoms with Crippen LogP contribution < -0.4 is 10.9 Å². The van der Waals surface area contributed by atoms with Crippen LogP contribution in [0.1, 0.15) is 18.4 Å². The lowest BCUT2D eigenvalue weighted by Crippen LogP contribution is -2.24. The summed E-state index contributed by atoms with van der Waals surface area (Å²) in [6.07, 6.45) is 3.71. The van der Waals surface area contributed by atoms with Crippen LogP contribution in [-0.4, -0.2) is 36.6 Å². The molecule has 96 valence electrons. The van der Waals surface area contributed by atoms with E-state index < -0.39 is 0 Å². The second-order valence-corrected chi connectivity index (χ2v) is 4.04. The number of hydrogen-bond acceptors (Lipinski definition) is 4. The number of aryl methyl sites for hydroxylation is 2. The van der Waals surface area contributed by atoms with Crippen molar-refractivity contribution in [1.82, 2.24) is 15.1 Å². The van der Waals surface area contributed by atoms with E-state index in [1.54, 1.807) is 19.4 Å². The third kappa shape index (κ3) is 5.60. The van der Waals surface area contributed by atoms with E-state index in [0.29, 0.717) is 6.54 Å². The molecule has 0 unspecified atom stereocenters. The lowest BCUT2D eigenvalue weighted by molar-refractivity contribution is 0.199. The largest absolute Gasteiger partial charge is 0.383 e. The molecule has 1 heterocycles. The molecule has 1 N–H and O–H groups in total. The van der Waals surface area contributed by atoms with E-state index >= 15 is 0 Å². The van der Waals surface area contributed by atoms with Gasteiger partial charge in [-0.05, 0) is 31.9 Å². The van der Waals surface area contributed by atoms with Crippen LogP contribution in [0.2, 0.25) is 0 Å². The van der Waals surface area contributed by atoms with Gasteiger partial charge in [0, 0.05) is 26.3 Å². The predicted molar refractivity (Wildman–Crippen MR) is 67.2 cm³/mol. The van der Waals surface area contributed by atoms with Crippen molar-refractivity contribution in [3.05, 3.63) is 28.2 Å². The number of nitrogens with one attached hydrogen (secondary N) is 1. The van der Waals surface area contributed by atoms with Gasteiger partial charge in [-0.25, -0.2) is 4.68 Å². The van der Waals surface area contributed by atoms with Crippen molar-refractivity contribution in [3.63, 3.8) is 0 Å². The molecule has 0 spiro atoms. The second kappa shape index (κ2) is 7.97. The molecule has 1 aromatic rings. The van der Waals surface area contributed by atoms with E-state index in [9.17, 15) is 4.79 Å². The molecule has 0 atom stereocenters. The minimum absolute atomic E-state index is 0.0163. The van der Waals surface area contributed by atoms with Crippen LogP contribution in [0, 0.1) is 6.92 Å². The van der Waals surface area contributed by atoms with Gasteiger partial charge in [0.1, 0.15) is 0 Å². The monoisotopic (exact) mass is 239 g/mol. The van der Waals surface area contributed by atoms with Crippen LogP contribution in [-0.2, 0) is 11.3 Å². The fraction of sp³-hybridized carbons (Fsp3) is 0.667. The zero-order valence-electron chi connectivity index (χ0n) is 10.6. The highest BCUT2D eigenvalue weighted by Crippen LogP contribution is 1.92. The minimum atomic E-state index is -0.0163. The summed E-state index contributed by atoms with van der Waals surface area (Å²) in [6.45, 7) is 5.12. The van der Waals surface area contributed by atoms with Crippen LogP contribution in [0.5, 0.6) is 0 Å². The average molecular weight is 239 g/mol. The van der Waals surface area contributed by atoms with Crippen LogP contribution in [0.25, 0.3) is 0 Å². The number of rotatable bonds is 8. The lowest BCUT2D eigenvalue weighted by atomic mass is 10.3. The number of hydrogen-bond donors (Lipinski definition) is 1. The zero-order chi connectivity index (χ0) is 12.5. The van der Waals surface area contributed by atoms with Crippen molar-refractivity contribution >= 4 is 0 Å². The smallest absolute Gasteiger partial charge is 0.266 e. The van der Waals surface area contributed by atoms with Gasteiger partial charge in [0.25, 0.3) is 5.56 Å². The molecular weight excluding hydrogens is 218 g/mol. The first kappa shape index (κ1) is 13.9. The molecule has 0 radical (unpaired) electrons. The van der Waals surface area contributed by atoms with Crippen molar-refractivity contribution in [2.75, 3.05) is 26.8 Å². The fourth-order valence-corrected chi connectivity index (χ4v) is 1.50. The molecule has 5 nitrogen and oxygen atoms in total. The minimum Gasteiger partial charge on any atom is -0.383 e. The van der Waals surface area contributed by atoms with E-state index in [1.807, 2.05) is 6.92 Å². The van der Waals surface area contributed by atoms with Gasteiger partial charge in [-0.3, -0.25) is 4.79 Å². The molecule has 1 rings (SSSR count). The van der Waals surface area contributed by atoms with Gasteiger partial charge in [-0.15, -0.1) is 0 Å². The molecule has 0 aliphatic rings. The number of nitrogens with zero attached hydrogens (tertiary/aromatic N) is 2. The quantitative estimate of drug-likeness (QED) is 0.674. The van der Waals surface area contributed by atoms with E-state index in [-0.39, 0.29) is 5.56 Å². The first-order valence-electron chi connectivity index (χ1n) is 5.97. The molecule has 5 heteroatoms. The summed E-state index contributed by atoms with van der Waals surface area (Å²) < 4.78 is 6.44. The molecular formula is C12H21N3O2. The van der Waals surface area contributed by atoms with Crippen molar-refractivity contribution in [2.45, 2.75) is 26.3 Å². The van der Waals surface area contributed by atoms with Crippen LogP contribution in [0.3, 0.4) is 0 Å². The first-order valence-corrected chi connectivity index (χ1v) is 5.97. The predicted octanol–water partition coefficient (Wildman–Crippen LogP) is 0.568. The maximum Gasteiger partial charge on any atom is 0.266 e. The summed E-state index contributed by atoms with van der Waals surface area (Å²) in [5, 5.41) is 7.35. The van der Waals surface area contributed by atoms with Crippen LogP contribution >= 0.6 is 0 Å². The zero-order valence-corrected chi connectivity index (χ0v) is 10.6. The summed E-state index contributed by atoms with van der Waals surface area (Å²) in [5.41, 5.74) is 0.893. The summed E-state index contributed by atoms with van der Waals surface area (Å²) >= 11 is 0. The van der Waals surface area contributed by atoms with Crippen molar-refractivity contribution in [3.8, 4) is 0 Å². The molecule has 0 bridgehead atoms. The van der Waals surface area contributed by atoms with Gasteiger partial charge in [0.15, 0.2) is 0 Å². The van der Waals surface area contributed by atoms with Crippen molar-refractivity contribution < 1.29 is 4.74 Å². The fourth-order valence-electron chi connectivity index (χ4n) is 1.50. The van der Waals surface area contributed by atoms with Crippen LogP contribution in [0.15, 0.2) is 17.1 Å². The Kier molecular flexibility index (Phi) is 6.50. The standard InChI is InChI=1S/C12H21N3O2/c1-11-9-12(16)15(14-10-11)7-4-3-5-13-6-8-17-2/h9-10,13H,3-8H2,1-2H3. The Labute approximate surface area is 102 Å². The highest BCUT2D eigenvalue weighted by atomic mass is 16.5. The Bertz CT molecular complexity index is 376. The van der Waals surface area contributed by atoms with Crippen molar-refractivity contribution in [2.24, 2.45) is 0 Å². The Hall–Kier alpha value is -1.20. The van der Waals surface area contributed by atoms with Gasteiger partial charge in [-0.2, -0.15) is 5.10 Å². The van der Waals surface area contributed by atoms with Gasteiger partial charge in [0.05, 0.1) is 12.8 Å². The Morgan fingerprint density at radius 1 is 1.41 bits per heavy atom. The van der Waals surface area contributed by atoms with E-state index in [2.05, 4.69) is 10.4 Å². The summed E-state index contributed by atoms with van der Waals surface area (Å²) in [5.74, 6) is 0. The molecule has 17 heavy (non-hydrogen) atoms. The Morgan fingerprint density at radius 3 is 2.94 bits per heavy atom. The first-order chi connectivity index (χ1) is 8.24. The molecule has 1 aromatic heterocycles. The number of unbranched alkanes of at least 4 members (excludes halogenated alkanes) is 1. The van der Waals surface area contributed by atoms with Crippen LogP contribution in [0.4, 0.5) is 0 Å². The number of aromatic nitrogens is 2. The summed E-state index contributed by atoms with van der Waals surface area (Å²) in [4.78, 5) is 11.5. The summed E-state index contributed by atoms with van der Waals surface area (Å²) in [6, 6.07) is 1.61. The summed E-state index contributed by atoms with van der Waals surface area (Å²) in [7, 11) is 1.69. The second-order valence-electron chi connectivity index (χ2n) is 4.04. The SMILES string of the molecule is COCCNCCCCn1ncc(C)cc1=O. The molecule has 0 aliphatic carbocycles. The maximum atomic E-state index is 11.5. The van der Waals surface area contributed by atoms with Crippen molar-refractivity contribution in [1.29, 1.82) is 0 Å². The van der Waals surface area contributed by atoms with Gasteiger partial charge >= 0.3 is 0 Å². The van der Waals surface area contributed by atoms with E-state index in [0.717, 1.165) is 38.1 Å². The molecule has 0 saturated carbocycles. The molecule has 0 aliphatic heterocycles. The third-order valence-corrected chi connectivity index (χ3v) is 2.46. The van der Waals surface area contributed by atoms with E-state index in [4.69, 9.17) is 4.74 Å². The Balaban J connectivity index is 2.16. The van der Waals surface area contributed by atoms with Gasteiger partial charge in [-0.1, -0.05) is 0 Å². The third-order valence-electron chi connectivity index (χ3n) is 2.46. The topological polar surface area (TPSA) is 56.1 Å². The molecule has 0 fully saturated rings. The van der Waals surface area contributed by atoms with Gasteiger partial charge < -0.3 is 10.1 Å². The molecule has 0 aromatic carbocycles. The lowest BCUT2D eigenvalue weighted by Gasteiger charge is -2.05. The maximum absolute atomic E-state index is 11.5. The molecule has 0 saturated heterocycles. The average Bonchev–Trinajstić information content (AvgIpc) is 2.30. The highest BCUT2D eigenvalue weighted by Gasteiger charge is 1.97. The van der Waals surface area contributed by atoms with Gasteiger partial charge in [0.2, 0.25) is 0 Å². The normalized spacial score (nSPS) is 10.7. The molecule has 0 amide bonds. The highest BCUT2D eigenvalue weighted by molar-refractivity contribution is 5.02. The number of ether oxygens (including phenoxy) is 1. The number of methoxy groups -OCH3 is 1. The Morgan fingerprint density at radius 2 is 2.24 bits per heavy atom. The van der Waals surface area contributed by atoms with E-state index in [1.165, 1.54) is 4.68 Å².